The normalized spacial score (nSPS) is 10.1. The molecule has 0 radical (unpaired) electrons. The van der Waals surface area contributed by atoms with Gasteiger partial charge in [-0.25, -0.2) is 0 Å². The fourth-order valence-electron chi connectivity index (χ4n) is 1.95. The second kappa shape index (κ2) is 7.14. The van der Waals surface area contributed by atoms with Gasteiger partial charge < -0.3 is 0 Å². The largest absolute Gasteiger partial charge is 0.279 e. The third kappa shape index (κ3) is 4.99. The summed E-state index contributed by atoms with van der Waals surface area (Å²) in [6, 6.07) is 15.2. The molecule has 0 aliphatic heterocycles. The van der Waals surface area contributed by atoms with Gasteiger partial charge in [0.15, 0.2) is 0 Å². The number of carbonyl (C=O) groups is 1. The minimum absolute atomic E-state index is 0.186. The smallest absolute Gasteiger partial charge is 0.237 e. The van der Waals surface area contributed by atoms with E-state index < -0.39 is 8.07 Å². The third-order valence-electron chi connectivity index (χ3n) is 3.20. The van der Waals surface area contributed by atoms with Crippen LogP contribution in [-0.4, -0.2) is 13.9 Å². The van der Waals surface area contributed by atoms with Crippen LogP contribution in [0.2, 0.25) is 19.6 Å². The molecule has 2 aromatic rings. The molecule has 0 aliphatic rings. The quantitative estimate of drug-likeness (QED) is 0.431. The Bertz CT molecular complexity index is 849. The van der Waals surface area contributed by atoms with E-state index in [-0.39, 0.29) is 5.78 Å². The molecule has 2 rings (SSSR count). The molecule has 0 heterocycles. The SMILES string of the molecule is Cc1ccccc1C#CC(=O)c1ccccc1C#C[Si](C)(C)C. The molecule has 0 N–H and O–H groups in total. The van der Waals surface area contributed by atoms with Crippen molar-refractivity contribution in [3.63, 3.8) is 0 Å². The van der Waals surface area contributed by atoms with Crippen molar-refractivity contribution in [3.05, 3.63) is 70.8 Å². The first-order valence-corrected chi connectivity index (χ1v) is 11.1. The van der Waals surface area contributed by atoms with Crippen molar-refractivity contribution >= 4 is 13.9 Å². The molecule has 0 saturated heterocycles. The number of Topliss-reactive ketones (excluding diaryl/α,β-unsaturated/α-hetero) is 1. The summed E-state index contributed by atoms with van der Waals surface area (Å²) in [5.41, 5.74) is 6.60. The number of hydrogen-bond donors (Lipinski definition) is 0. The van der Waals surface area contributed by atoms with E-state index in [1.54, 1.807) is 6.07 Å². The third-order valence-corrected chi connectivity index (χ3v) is 4.07. The number of carbonyl (C=O) groups excluding carboxylic acids is 1. The van der Waals surface area contributed by atoms with Gasteiger partial charge in [-0.1, -0.05) is 61.8 Å². The summed E-state index contributed by atoms with van der Waals surface area (Å²) in [5, 5.41) is 0. The molecule has 1 nitrogen and oxygen atoms in total. The number of hydrogen-bond acceptors (Lipinski definition) is 1. The van der Waals surface area contributed by atoms with Crippen molar-refractivity contribution in [2.24, 2.45) is 0 Å². The Morgan fingerprint density at radius 1 is 0.870 bits per heavy atom. The average Bonchev–Trinajstić information content (AvgIpc) is 2.51. The number of ketones is 1. The molecule has 114 valence electrons. The lowest BCUT2D eigenvalue weighted by atomic mass is 10.0. The maximum atomic E-state index is 12.4. The molecule has 0 saturated carbocycles. The molecule has 0 bridgehead atoms. The molecule has 23 heavy (non-hydrogen) atoms. The van der Waals surface area contributed by atoms with E-state index in [9.17, 15) is 4.79 Å². The Balaban J connectivity index is 2.35. The van der Waals surface area contributed by atoms with Crippen molar-refractivity contribution in [1.29, 1.82) is 0 Å². The van der Waals surface area contributed by atoms with Gasteiger partial charge in [0.05, 0.1) is 0 Å². The van der Waals surface area contributed by atoms with Gasteiger partial charge in [-0.3, -0.25) is 4.79 Å². The van der Waals surface area contributed by atoms with Gasteiger partial charge in [0.1, 0.15) is 8.07 Å². The summed E-state index contributed by atoms with van der Waals surface area (Å²) in [6.45, 7) is 8.54. The Morgan fingerprint density at radius 3 is 2.13 bits per heavy atom. The van der Waals surface area contributed by atoms with E-state index in [0.717, 1.165) is 16.7 Å². The van der Waals surface area contributed by atoms with Crippen LogP contribution in [-0.2, 0) is 0 Å². The van der Waals surface area contributed by atoms with Crippen LogP contribution >= 0.6 is 0 Å². The highest BCUT2D eigenvalue weighted by molar-refractivity contribution is 6.83. The first-order chi connectivity index (χ1) is 10.9. The zero-order valence-corrected chi connectivity index (χ0v) is 15.0. The average molecular weight is 316 g/mol. The summed E-state index contributed by atoms with van der Waals surface area (Å²) in [5.74, 6) is 8.70. The van der Waals surface area contributed by atoms with E-state index in [1.807, 2.05) is 49.4 Å². The maximum Gasteiger partial charge on any atom is 0.237 e. The van der Waals surface area contributed by atoms with E-state index >= 15 is 0 Å². The maximum absolute atomic E-state index is 12.4. The Morgan fingerprint density at radius 2 is 1.48 bits per heavy atom. The molecule has 2 heteroatoms. The molecule has 0 aromatic heterocycles. The highest BCUT2D eigenvalue weighted by Gasteiger charge is 2.10. The number of aryl methyl sites for hydroxylation is 1. The molecule has 0 atom stereocenters. The Hall–Kier alpha value is -2.55. The summed E-state index contributed by atoms with van der Waals surface area (Å²) in [4.78, 5) is 12.4. The predicted octanol–water partition coefficient (Wildman–Crippen LogP) is 4.46. The topological polar surface area (TPSA) is 17.1 Å². The fourth-order valence-corrected chi connectivity index (χ4v) is 2.46. The van der Waals surface area contributed by atoms with Crippen LogP contribution in [0, 0.1) is 30.2 Å². The lowest BCUT2D eigenvalue weighted by Gasteiger charge is -2.04. The van der Waals surface area contributed by atoms with Crippen molar-refractivity contribution in [2.45, 2.75) is 26.6 Å². The second-order valence-electron chi connectivity index (χ2n) is 6.44. The van der Waals surface area contributed by atoms with Crippen LogP contribution in [0.15, 0.2) is 48.5 Å². The second-order valence-corrected chi connectivity index (χ2v) is 11.2. The summed E-state index contributed by atoms with van der Waals surface area (Å²) < 4.78 is 0. The fraction of sp³-hybridized carbons (Fsp3) is 0.190. The highest BCUT2D eigenvalue weighted by atomic mass is 28.3. The first-order valence-electron chi connectivity index (χ1n) is 7.61. The summed E-state index contributed by atoms with van der Waals surface area (Å²) >= 11 is 0. The van der Waals surface area contributed by atoms with Crippen LogP contribution in [0.5, 0.6) is 0 Å². The van der Waals surface area contributed by atoms with Crippen molar-refractivity contribution in [1.82, 2.24) is 0 Å². The van der Waals surface area contributed by atoms with Gasteiger partial charge in [-0.15, -0.1) is 5.54 Å². The van der Waals surface area contributed by atoms with Gasteiger partial charge in [0, 0.05) is 16.7 Å². The molecule has 0 spiro atoms. The molecule has 0 amide bonds. The minimum Gasteiger partial charge on any atom is -0.279 e. The van der Waals surface area contributed by atoms with Crippen molar-refractivity contribution in [3.8, 4) is 23.3 Å². The molecule has 0 fully saturated rings. The number of benzene rings is 2. The summed E-state index contributed by atoms with van der Waals surface area (Å²) in [6.07, 6.45) is 0. The van der Waals surface area contributed by atoms with Crippen LogP contribution in [0.3, 0.4) is 0 Å². The molecule has 2 aromatic carbocycles. The lowest BCUT2D eigenvalue weighted by molar-refractivity contribution is 0.105. The zero-order valence-electron chi connectivity index (χ0n) is 14.0. The van der Waals surface area contributed by atoms with Crippen molar-refractivity contribution in [2.75, 3.05) is 0 Å². The standard InChI is InChI=1S/C21H20OSi/c1-17-9-5-6-10-18(17)13-14-21(22)20-12-8-7-11-19(20)15-16-23(2,3)4/h5-12H,1-4H3. The van der Waals surface area contributed by atoms with Gasteiger partial charge in [0.25, 0.3) is 0 Å². The van der Waals surface area contributed by atoms with Gasteiger partial charge in [-0.05, 0) is 36.6 Å². The van der Waals surface area contributed by atoms with E-state index in [0.29, 0.717) is 5.56 Å². The molecule has 0 aliphatic carbocycles. The zero-order chi connectivity index (χ0) is 16.9. The molecular formula is C21H20OSi. The highest BCUT2D eigenvalue weighted by Crippen LogP contribution is 2.10. The summed E-state index contributed by atoms with van der Waals surface area (Å²) in [7, 11) is -1.48. The predicted molar refractivity (Wildman–Crippen MR) is 99.1 cm³/mol. The minimum atomic E-state index is -1.48. The lowest BCUT2D eigenvalue weighted by Crippen LogP contribution is -2.16. The van der Waals surface area contributed by atoms with E-state index in [4.69, 9.17) is 0 Å². The Labute approximate surface area is 139 Å². The Kier molecular flexibility index (Phi) is 5.22. The molecule has 0 unspecified atom stereocenters. The monoisotopic (exact) mass is 316 g/mol. The van der Waals surface area contributed by atoms with E-state index in [1.165, 1.54) is 0 Å². The van der Waals surface area contributed by atoms with Gasteiger partial charge in [0.2, 0.25) is 5.78 Å². The van der Waals surface area contributed by atoms with Crippen LogP contribution in [0.25, 0.3) is 0 Å². The van der Waals surface area contributed by atoms with Crippen LogP contribution in [0.1, 0.15) is 27.0 Å². The van der Waals surface area contributed by atoms with Gasteiger partial charge in [-0.2, -0.15) is 0 Å². The van der Waals surface area contributed by atoms with Gasteiger partial charge >= 0.3 is 0 Å². The molecular weight excluding hydrogens is 296 g/mol. The van der Waals surface area contributed by atoms with Crippen LogP contribution < -0.4 is 0 Å². The van der Waals surface area contributed by atoms with Crippen molar-refractivity contribution < 1.29 is 4.79 Å². The number of rotatable bonds is 1. The first kappa shape index (κ1) is 16.8. The van der Waals surface area contributed by atoms with Crippen LogP contribution in [0.4, 0.5) is 0 Å². The van der Waals surface area contributed by atoms with E-state index in [2.05, 4.69) is 42.9 Å².